The van der Waals surface area contributed by atoms with Gasteiger partial charge in [-0.3, -0.25) is 13.9 Å². The number of carbonyl (C=O) groups excluding carboxylic acids is 2. The van der Waals surface area contributed by atoms with Gasteiger partial charge in [0.1, 0.15) is 12.3 Å². The molecule has 0 spiro atoms. The van der Waals surface area contributed by atoms with E-state index in [4.69, 9.17) is 27.9 Å². The minimum Gasteiger partial charge on any atom is -0.484 e. The largest absolute Gasteiger partial charge is 0.484 e. The summed E-state index contributed by atoms with van der Waals surface area (Å²) in [7, 11) is -3.83. The zero-order valence-corrected chi connectivity index (χ0v) is 22.9. The Balaban J connectivity index is 1.50. The molecule has 0 saturated carbocycles. The maximum Gasteiger partial charge on any atom is 0.260 e. The number of carbonyl (C=O) groups is 2. The van der Waals surface area contributed by atoms with E-state index in [1.54, 1.807) is 24.3 Å². The van der Waals surface area contributed by atoms with Crippen molar-refractivity contribution in [3.63, 3.8) is 0 Å². The first-order valence-corrected chi connectivity index (χ1v) is 13.9. The average Bonchev–Trinajstić information content (AvgIpc) is 2.88. The summed E-state index contributed by atoms with van der Waals surface area (Å²) >= 11 is 12.1. The molecule has 200 valence electrons. The van der Waals surface area contributed by atoms with Gasteiger partial charge in [-0.15, -0.1) is 0 Å². The van der Waals surface area contributed by atoms with Crippen molar-refractivity contribution in [3.8, 4) is 5.75 Å². The molecule has 12 heteroatoms. The van der Waals surface area contributed by atoms with Crippen molar-refractivity contribution in [3.05, 3.63) is 94.0 Å². The predicted molar refractivity (Wildman–Crippen MR) is 149 cm³/mol. The third-order valence-electron chi connectivity index (χ3n) is 5.19. The summed E-state index contributed by atoms with van der Waals surface area (Å²) < 4.78 is 30.9. The molecule has 3 rings (SSSR count). The second-order valence-electron chi connectivity index (χ2n) is 8.22. The van der Waals surface area contributed by atoms with Crippen molar-refractivity contribution < 1.29 is 22.7 Å². The lowest BCUT2D eigenvalue weighted by molar-refractivity contribution is -0.123. The highest BCUT2D eigenvalue weighted by molar-refractivity contribution is 7.92. The molecular formula is C26H26Cl2N4O5S. The van der Waals surface area contributed by atoms with Crippen LogP contribution in [0.1, 0.15) is 24.1 Å². The first-order valence-electron chi connectivity index (χ1n) is 11.3. The molecule has 0 heterocycles. The fraction of sp³-hybridized carbons (Fsp3) is 0.192. The van der Waals surface area contributed by atoms with Crippen LogP contribution in [-0.2, 0) is 19.6 Å². The number of nitrogens with one attached hydrogen (secondary N) is 2. The van der Waals surface area contributed by atoms with Gasteiger partial charge in [-0.25, -0.2) is 13.8 Å². The van der Waals surface area contributed by atoms with E-state index in [0.29, 0.717) is 11.3 Å². The Morgan fingerprint density at radius 1 is 1.03 bits per heavy atom. The van der Waals surface area contributed by atoms with Gasteiger partial charge >= 0.3 is 0 Å². The lowest BCUT2D eigenvalue weighted by Crippen LogP contribution is -2.39. The molecule has 0 unspecified atom stereocenters. The SMILES string of the molecule is C[C@H](NC(=O)COc1ccc(/C=N\NC(=O)CN(c2cc(Cl)ccc2Cl)S(C)(=O)=O)cc1)c1ccccc1. The summed E-state index contributed by atoms with van der Waals surface area (Å²) in [5.74, 6) is -0.453. The van der Waals surface area contributed by atoms with Gasteiger partial charge in [0.25, 0.3) is 11.8 Å². The zero-order chi connectivity index (χ0) is 27.7. The molecule has 0 aliphatic heterocycles. The molecule has 0 fully saturated rings. The molecule has 0 aliphatic carbocycles. The van der Waals surface area contributed by atoms with E-state index < -0.39 is 22.5 Å². The highest BCUT2D eigenvalue weighted by atomic mass is 35.5. The van der Waals surface area contributed by atoms with Crippen LogP contribution in [0.2, 0.25) is 10.0 Å². The quantitative estimate of drug-likeness (QED) is 0.262. The molecule has 0 radical (unpaired) electrons. The molecule has 1 atom stereocenters. The van der Waals surface area contributed by atoms with E-state index in [1.807, 2.05) is 37.3 Å². The summed E-state index contributed by atoms with van der Waals surface area (Å²) in [6.45, 7) is 1.20. The molecule has 38 heavy (non-hydrogen) atoms. The van der Waals surface area contributed by atoms with Crippen LogP contribution in [0, 0.1) is 0 Å². The van der Waals surface area contributed by atoms with Crippen molar-refractivity contribution in [1.82, 2.24) is 10.7 Å². The summed E-state index contributed by atoms with van der Waals surface area (Å²) in [5.41, 5.74) is 4.00. The predicted octanol–water partition coefficient (Wildman–Crippen LogP) is 4.17. The lowest BCUT2D eigenvalue weighted by Gasteiger charge is -2.22. The van der Waals surface area contributed by atoms with Crippen LogP contribution >= 0.6 is 23.2 Å². The molecule has 0 aliphatic rings. The summed E-state index contributed by atoms with van der Waals surface area (Å²) in [5, 5.41) is 7.14. The maximum absolute atomic E-state index is 12.4. The van der Waals surface area contributed by atoms with E-state index in [1.165, 1.54) is 24.4 Å². The number of rotatable bonds is 11. The van der Waals surface area contributed by atoms with Crippen LogP contribution in [0.5, 0.6) is 5.75 Å². The van der Waals surface area contributed by atoms with Gasteiger partial charge in [0.2, 0.25) is 10.0 Å². The van der Waals surface area contributed by atoms with Crippen molar-refractivity contribution in [2.45, 2.75) is 13.0 Å². The normalized spacial score (nSPS) is 12.1. The summed E-state index contributed by atoms with van der Waals surface area (Å²) in [6, 6.07) is 20.4. The van der Waals surface area contributed by atoms with Gasteiger partial charge in [-0.1, -0.05) is 53.5 Å². The third kappa shape index (κ3) is 8.76. The van der Waals surface area contributed by atoms with Gasteiger partial charge in [0, 0.05) is 5.02 Å². The number of hydrogen-bond acceptors (Lipinski definition) is 6. The Morgan fingerprint density at radius 3 is 2.37 bits per heavy atom. The van der Waals surface area contributed by atoms with E-state index in [9.17, 15) is 18.0 Å². The molecule has 9 nitrogen and oxygen atoms in total. The van der Waals surface area contributed by atoms with Gasteiger partial charge < -0.3 is 10.1 Å². The zero-order valence-electron chi connectivity index (χ0n) is 20.6. The lowest BCUT2D eigenvalue weighted by atomic mass is 10.1. The Labute approximate surface area is 231 Å². The Kier molecular flexibility index (Phi) is 10.1. The number of hydrazone groups is 1. The number of nitrogens with zero attached hydrogens (tertiary/aromatic N) is 2. The molecule has 2 amide bonds. The van der Waals surface area contributed by atoms with Gasteiger partial charge in [-0.2, -0.15) is 5.10 Å². The molecule has 0 bridgehead atoms. The Hall–Kier alpha value is -3.60. The van der Waals surface area contributed by atoms with Gasteiger partial charge in [0.15, 0.2) is 6.61 Å². The van der Waals surface area contributed by atoms with Crippen molar-refractivity contribution in [1.29, 1.82) is 0 Å². The first kappa shape index (κ1) is 29.0. The van der Waals surface area contributed by atoms with Crippen molar-refractivity contribution >= 4 is 56.9 Å². The number of anilines is 1. The van der Waals surface area contributed by atoms with Crippen LogP contribution in [0.4, 0.5) is 5.69 Å². The van der Waals surface area contributed by atoms with Crippen LogP contribution in [0.3, 0.4) is 0 Å². The highest BCUT2D eigenvalue weighted by Gasteiger charge is 2.23. The van der Waals surface area contributed by atoms with E-state index in [0.717, 1.165) is 16.1 Å². The molecule has 0 aromatic heterocycles. The maximum atomic E-state index is 12.4. The molecule has 2 N–H and O–H groups in total. The minimum atomic E-state index is -3.83. The van der Waals surface area contributed by atoms with E-state index >= 15 is 0 Å². The van der Waals surface area contributed by atoms with Crippen LogP contribution < -0.4 is 19.8 Å². The van der Waals surface area contributed by atoms with Crippen LogP contribution in [-0.4, -0.2) is 45.9 Å². The standard InChI is InChI=1S/C26H26Cl2N4O5S/c1-18(20-6-4-3-5-7-20)30-26(34)17-37-22-11-8-19(9-12-22)15-29-31-25(33)16-32(38(2,35)36)24-14-21(27)10-13-23(24)28/h3-15,18H,16-17H2,1-2H3,(H,30,34)(H,31,33)/b29-15-/t18-/m0/s1. The summed E-state index contributed by atoms with van der Waals surface area (Å²) in [6.07, 6.45) is 2.34. The average molecular weight is 577 g/mol. The number of benzene rings is 3. The second-order valence-corrected chi connectivity index (χ2v) is 11.0. The number of amides is 2. The molecule has 3 aromatic rings. The van der Waals surface area contributed by atoms with Crippen molar-refractivity contribution in [2.75, 3.05) is 23.7 Å². The number of hydrogen-bond donors (Lipinski definition) is 2. The van der Waals surface area contributed by atoms with Gasteiger partial charge in [-0.05, 0) is 60.5 Å². The summed E-state index contributed by atoms with van der Waals surface area (Å²) in [4.78, 5) is 24.5. The Bertz CT molecular complexity index is 1400. The monoisotopic (exact) mass is 576 g/mol. The van der Waals surface area contributed by atoms with E-state index in [2.05, 4.69) is 15.8 Å². The number of sulfonamides is 1. The fourth-order valence-electron chi connectivity index (χ4n) is 3.31. The number of ether oxygens (including phenoxy) is 1. The molecule has 0 saturated heterocycles. The van der Waals surface area contributed by atoms with Crippen LogP contribution in [0.25, 0.3) is 0 Å². The van der Waals surface area contributed by atoms with E-state index in [-0.39, 0.29) is 34.3 Å². The second kappa shape index (κ2) is 13.3. The topological polar surface area (TPSA) is 117 Å². The molecular weight excluding hydrogens is 551 g/mol. The third-order valence-corrected chi connectivity index (χ3v) is 6.88. The smallest absolute Gasteiger partial charge is 0.260 e. The first-order chi connectivity index (χ1) is 18.0. The Morgan fingerprint density at radius 2 is 1.71 bits per heavy atom. The number of halogens is 2. The minimum absolute atomic E-state index is 0.0830. The van der Waals surface area contributed by atoms with Gasteiger partial charge in [0.05, 0.1) is 29.2 Å². The molecule has 3 aromatic carbocycles. The fourth-order valence-corrected chi connectivity index (χ4v) is 4.61. The van der Waals surface area contributed by atoms with Crippen molar-refractivity contribution in [2.24, 2.45) is 5.10 Å². The van der Waals surface area contributed by atoms with Crippen LogP contribution in [0.15, 0.2) is 77.9 Å². The highest BCUT2D eigenvalue weighted by Crippen LogP contribution is 2.30.